The Bertz CT molecular complexity index is 286. The van der Waals surface area contributed by atoms with Crippen LogP contribution in [0.2, 0.25) is 0 Å². The van der Waals surface area contributed by atoms with Crippen LogP contribution in [-0.4, -0.2) is 19.2 Å². The summed E-state index contributed by atoms with van der Waals surface area (Å²) in [7, 11) is 0. The molecule has 0 radical (unpaired) electrons. The molecular weight excluding hydrogens is 186 g/mol. The fraction of sp³-hybridized carbons (Fsp3) is 0.538. The zero-order valence-electron chi connectivity index (χ0n) is 9.28. The van der Waals surface area contributed by atoms with E-state index in [2.05, 4.69) is 12.2 Å². The quantitative estimate of drug-likeness (QED) is 0.800. The van der Waals surface area contributed by atoms with Crippen molar-refractivity contribution in [1.82, 2.24) is 5.32 Å². The zero-order chi connectivity index (χ0) is 10.5. The van der Waals surface area contributed by atoms with E-state index in [-0.39, 0.29) is 0 Å². The number of hydrogen-bond acceptors (Lipinski definition) is 2. The molecule has 2 nitrogen and oxygen atoms in total. The number of ether oxygens (including phenoxy) is 1. The van der Waals surface area contributed by atoms with Crippen LogP contribution in [0.5, 0.6) is 5.75 Å². The van der Waals surface area contributed by atoms with Crippen molar-refractivity contribution in [3.05, 3.63) is 30.3 Å². The van der Waals surface area contributed by atoms with Crippen LogP contribution < -0.4 is 10.1 Å². The van der Waals surface area contributed by atoms with Crippen molar-refractivity contribution >= 4 is 0 Å². The van der Waals surface area contributed by atoms with Crippen LogP contribution in [0.1, 0.15) is 19.8 Å². The lowest BCUT2D eigenvalue weighted by Crippen LogP contribution is -2.29. The topological polar surface area (TPSA) is 21.3 Å². The van der Waals surface area contributed by atoms with Gasteiger partial charge in [0.1, 0.15) is 11.9 Å². The summed E-state index contributed by atoms with van der Waals surface area (Å²) in [6.45, 7) is 4.45. The third kappa shape index (κ3) is 2.96. The molecule has 1 aliphatic rings. The molecule has 2 unspecified atom stereocenters. The van der Waals surface area contributed by atoms with Crippen molar-refractivity contribution in [3.8, 4) is 5.75 Å². The predicted molar refractivity (Wildman–Crippen MR) is 62.1 cm³/mol. The van der Waals surface area contributed by atoms with Crippen LogP contribution in [0.4, 0.5) is 0 Å². The average molecular weight is 205 g/mol. The van der Waals surface area contributed by atoms with Crippen molar-refractivity contribution in [3.63, 3.8) is 0 Å². The minimum atomic E-state index is 0.363. The summed E-state index contributed by atoms with van der Waals surface area (Å²) in [5.74, 6) is 1.59. The minimum absolute atomic E-state index is 0.363. The van der Waals surface area contributed by atoms with Crippen molar-refractivity contribution in [2.75, 3.05) is 13.1 Å². The van der Waals surface area contributed by atoms with Gasteiger partial charge >= 0.3 is 0 Å². The Morgan fingerprint density at radius 3 is 2.87 bits per heavy atom. The highest BCUT2D eigenvalue weighted by atomic mass is 16.5. The van der Waals surface area contributed by atoms with E-state index in [0.29, 0.717) is 12.0 Å². The molecule has 0 bridgehead atoms. The highest BCUT2D eigenvalue weighted by Gasteiger charge is 2.20. The molecule has 15 heavy (non-hydrogen) atoms. The maximum atomic E-state index is 6.01. The molecule has 82 valence electrons. The number of para-hydroxylation sites is 1. The Kier molecular flexibility index (Phi) is 3.62. The first-order chi connectivity index (χ1) is 7.36. The van der Waals surface area contributed by atoms with Gasteiger partial charge in [0.15, 0.2) is 0 Å². The Balaban J connectivity index is 1.97. The Morgan fingerprint density at radius 2 is 2.07 bits per heavy atom. The van der Waals surface area contributed by atoms with Crippen LogP contribution >= 0.6 is 0 Å². The standard InChI is InChI=1S/C13H19NO/c1-11-10-14-9-5-8-13(11)15-12-6-3-2-4-7-12/h2-4,6-7,11,13-14H,5,8-10H2,1H3. The largest absolute Gasteiger partial charge is 0.490 e. The molecule has 0 amide bonds. The van der Waals surface area contributed by atoms with Gasteiger partial charge in [-0.05, 0) is 31.5 Å². The van der Waals surface area contributed by atoms with E-state index in [1.54, 1.807) is 0 Å². The molecule has 1 fully saturated rings. The molecule has 1 saturated heterocycles. The monoisotopic (exact) mass is 205 g/mol. The Hall–Kier alpha value is -1.02. The second-order valence-corrected chi connectivity index (χ2v) is 4.29. The van der Waals surface area contributed by atoms with Gasteiger partial charge < -0.3 is 10.1 Å². The van der Waals surface area contributed by atoms with E-state index in [1.807, 2.05) is 30.3 Å². The van der Waals surface area contributed by atoms with Gasteiger partial charge in [-0.15, -0.1) is 0 Å². The molecule has 0 aliphatic carbocycles. The van der Waals surface area contributed by atoms with E-state index in [0.717, 1.165) is 25.3 Å². The van der Waals surface area contributed by atoms with Gasteiger partial charge in [-0.25, -0.2) is 0 Å². The molecule has 0 spiro atoms. The number of benzene rings is 1. The summed E-state index contributed by atoms with van der Waals surface area (Å²) in [4.78, 5) is 0. The molecule has 1 aromatic carbocycles. The zero-order valence-corrected chi connectivity index (χ0v) is 9.28. The number of nitrogens with one attached hydrogen (secondary N) is 1. The minimum Gasteiger partial charge on any atom is -0.490 e. The lowest BCUT2D eigenvalue weighted by Gasteiger charge is -2.22. The van der Waals surface area contributed by atoms with Crippen LogP contribution in [0.15, 0.2) is 30.3 Å². The maximum absolute atomic E-state index is 6.01. The fourth-order valence-corrected chi connectivity index (χ4v) is 2.02. The van der Waals surface area contributed by atoms with E-state index in [4.69, 9.17) is 4.74 Å². The van der Waals surface area contributed by atoms with E-state index < -0.39 is 0 Å². The fourth-order valence-electron chi connectivity index (χ4n) is 2.02. The van der Waals surface area contributed by atoms with Crippen molar-refractivity contribution < 1.29 is 4.74 Å². The first kappa shape index (κ1) is 10.5. The second kappa shape index (κ2) is 5.17. The first-order valence-electron chi connectivity index (χ1n) is 5.78. The van der Waals surface area contributed by atoms with E-state index in [1.165, 1.54) is 6.42 Å². The molecule has 1 aliphatic heterocycles. The van der Waals surface area contributed by atoms with Crippen LogP contribution in [0.3, 0.4) is 0 Å². The van der Waals surface area contributed by atoms with Crippen molar-refractivity contribution in [2.45, 2.75) is 25.9 Å². The van der Waals surface area contributed by atoms with E-state index >= 15 is 0 Å². The summed E-state index contributed by atoms with van der Waals surface area (Å²) < 4.78 is 6.01. The van der Waals surface area contributed by atoms with Gasteiger partial charge in [-0.2, -0.15) is 0 Å². The summed E-state index contributed by atoms with van der Waals surface area (Å²) in [5, 5.41) is 3.43. The molecule has 0 aromatic heterocycles. The Morgan fingerprint density at radius 1 is 1.27 bits per heavy atom. The lowest BCUT2D eigenvalue weighted by atomic mass is 10.0. The third-order valence-electron chi connectivity index (χ3n) is 2.97. The highest BCUT2D eigenvalue weighted by Crippen LogP contribution is 2.19. The van der Waals surface area contributed by atoms with Crippen molar-refractivity contribution in [2.24, 2.45) is 5.92 Å². The molecule has 1 heterocycles. The second-order valence-electron chi connectivity index (χ2n) is 4.29. The van der Waals surface area contributed by atoms with Crippen LogP contribution in [0.25, 0.3) is 0 Å². The summed E-state index contributed by atoms with van der Waals surface area (Å²) in [6.07, 6.45) is 2.73. The van der Waals surface area contributed by atoms with Crippen molar-refractivity contribution in [1.29, 1.82) is 0 Å². The first-order valence-corrected chi connectivity index (χ1v) is 5.78. The molecule has 2 rings (SSSR count). The Labute approximate surface area is 91.6 Å². The predicted octanol–water partition coefficient (Wildman–Crippen LogP) is 2.45. The number of hydrogen-bond donors (Lipinski definition) is 1. The molecule has 2 heteroatoms. The van der Waals surface area contributed by atoms with Gasteiger partial charge in [-0.1, -0.05) is 25.1 Å². The summed E-state index contributed by atoms with van der Waals surface area (Å²) in [6, 6.07) is 10.1. The number of rotatable bonds is 2. The summed E-state index contributed by atoms with van der Waals surface area (Å²) in [5.41, 5.74) is 0. The van der Waals surface area contributed by atoms with E-state index in [9.17, 15) is 0 Å². The van der Waals surface area contributed by atoms with Crippen LogP contribution in [0, 0.1) is 5.92 Å². The average Bonchev–Trinajstić information content (AvgIpc) is 2.46. The smallest absolute Gasteiger partial charge is 0.119 e. The van der Waals surface area contributed by atoms with Gasteiger partial charge in [-0.3, -0.25) is 0 Å². The summed E-state index contributed by atoms with van der Waals surface area (Å²) >= 11 is 0. The van der Waals surface area contributed by atoms with Crippen LogP contribution in [-0.2, 0) is 0 Å². The molecule has 1 N–H and O–H groups in total. The SMILES string of the molecule is CC1CNCCCC1Oc1ccccc1. The molecule has 1 aromatic rings. The normalized spacial score (nSPS) is 27.0. The van der Waals surface area contributed by atoms with Gasteiger partial charge in [0.05, 0.1) is 0 Å². The molecular formula is C13H19NO. The van der Waals surface area contributed by atoms with Gasteiger partial charge in [0, 0.05) is 12.5 Å². The van der Waals surface area contributed by atoms with Gasteiger partial charge in [0.25, 0.3) is 0 Å². The highest BCUT2D eigenvalue weighted by molar-refractivity contribution is 5.21. The lowest BCUT2D eigenvalue weighted by molar-refractivity contribution is 0.141. The van der Waals surface area contributed by atoms with Gasteiger partial charge in [0.2, 0.25) is 0 Å². The third-order valence-corrected chi connectivity index (χ3v) is 2.97. The maximum Gasteiger partial charge on any atom is 0.119 e. The molecule has 0 saturated carbocycles. The molecule has 2 atom stereocenters.